The maximum Gasteiger partial charge on any atom is 0.235 e. The normalized spacial score (nSPS) is 13.8. The molecule has 0 saturated heterocycles. The van der Waals surface area contributed by atoms with Crippen molar-refractivity contribution in [2.45, 2.75) is 43.3 Å². The van der Waals surface area contributed by atoms with Crippen LogP contribution in [0.5, 0.6) is 0 Å². The summed E-state index contributed by atoms with van der Waals surface area (Å²) in [5.41, 5.74) is 6.14. The van der Waals surface area contributed by atoms with Crippen molar-refractivity contribution < 1.29 is 9.00 Å². The van der Waals surface area contributed by atoms with Gasteiger partial charge in [-0.2, -0.15) is 0 Å². The molecule has 0 radical (unpaired) electrons. The van der Waals surface area contributed by atoms with Gasteiger partial charge in [0.2, 0.25) is 5.91 Å². The van der Waals surface area contributed by atoms with Crippen molar-refractivity contribution >= 4 is 34.0 Å². The molecule has 112 valence electrons. The van der Waals surface area contributed by atoms with Crippen molar-refractivity contribution in [1.29, 1.82) is 0 Å². The van der Waals surface area contributed by atoms with E-state index < -0.39 is 16.0 Å². The van der Waals surface area contributed by atoms with Gasteiger partial charge in [-0.3, -0.25) is 9.00 Å². The molecule has 4 nitrogen and oxygen atoms in total. The number of nitrogens with one attached hydrogen (secondary N) is 1. The fourth-order valence-electron chi connectivity index (χ4n) is 1.74. The standard InChI is InChI=1S/C14H21ClN2O2S/c1-3-4-5-9-17-14(18)10(2)20(19)13-11(15)7-6-8-12(13)16/h6-8,10H,3-5,9,16H2,1-2H3,(H,17,18). The van der Waals surface area contributed by atoms with Crippen LogP contribution in [0.4, 0.5) is 5.69 Å². The summed E-state index contributed by atoms with van der Waals surface area (Å²) in [4.78, 5) is 12.3. The number of nitrogens with two attached hydrogens (primary N) is 1. The van der Waals surface area contributed by atoms with Gasteiger partial charge in [0, 0.05) is 12.2 Å². The van der Waals surface area contributed by atoms with Gasteiger partial charge in [0.25, 0.3) is 0 Å². The van der Waals surface area contributed by atoms with E-state index in [9.17, 15) is 9.00 Å². The largest absolute Gasteiger partial charge is 0.398 e. The van der Waals surface area contributed by atoms with Crippen LogP contribution in [-0.2, 0) is 15.6 Å². The Balaban J connectivity index is 2.69. The van der Waals surface area contributed by atoms with Gasteiger partial charge < -0.3 is 11.1 Å². The molecule has 0 fully saturated rings. The number of halogens is 1. The van der Waals surface area contributed by atoms with Gasteiger partial charge >= 0.3 is 0 Å². The SMILES string of the molecule is CCCCCNC(=O)C(C)S(=O)c1c(N)cccc1Cl. The molecule has 0 spiro atoms. The molecule has 6 heteroatoms. The number of carbonyl (C=O) groups is 1. The number of hydrogen-bond acceptors (Lipinski definition) is 3. The summed E-state index contributed by atoms with van der Waals surface area (Å²) in [5.74, 6) is -0.237. The molecular weight excluding hydrogens is 296 g/mol. The van der Waals surface area contributed by atoms with Crippen LogP contribution in [0.1, 0.15) is 33.1 Å². The van der Waals surface area contributed by atoms with Crippen LogP contribution in [0.2, 0.25) is 5.02 Å². The van der Waals surface area contributed by atoms with Gasteiger partial charge in [-0.25, -0.2) is 0 Å². The number of amides is 1. The molecule has 0 saturated carbocycles. The second-order valence-electron chi connectivity index (χ2n) is 4.60. The summed E-state index contributed by atoms with van der Waals surface area (Å²) in [5, 5.41) is 2.44. The van der Waals surface area contributed by atoms with Crippen molar-refractivity contribution in [2.24, 2.45) is 0 Å². The van der Waals surface area contributed by atoms with Crippen LogP contribution in [0.25, 0.3) is 0 Å². The Morgan fingerprint density at radius 2 is 2.15 bits per heavy atom. The first-order chi connectivity index (χ1) is 9.49. The number of anilines is 1. The molecule has 0 heterocycles. The number of hydrogen-bond donors (Lipinski definition) is 2. The first-order valence-corrected chi connectivity index (χ1v) is 8.30. The molecule has 3 N–H and O–H groups in total. The summed E-state index contributed by atoms with van der Waals surface area (Å²) >= 11 is 6.01. The molecule has 2 atom stereocenters. The average Bonchev–Trinajstić information content (AvgIpc) is 2.42. The van der Waals surface area contributed by atoms with Crippen molar-refractivity contribution in [2.75, 3.05) is 12.3 Å². The van der Waals surface area contributed by atoms with E-state index in [1.54, 1.807) is 25.1 Å². The monoisotopic (exact) mass is 316 g/mol. The number of rotatable bonds is 7. The van der Waals surface area contributed by atoms with E-state index in [2.05, 4.69) is 12.2 Å². The minimum Gasteiger partial charge on any atom is -0.398 e. The number of benzene rings is 1. The van der Waals surface area contributed by atoms with Crippen molar-refractivity contribution in [3.63, 3.8) is 0 Å². The van der Waals surface area contributed by atoms with E-state index in [-0.39, 0.29) is 5.91 Å². The van der Waals surface area contributed by atoms with Crippen LogP contribution in [-0.4, -0.2) is 21.9 Å². The molecule has 1 aromatic rings. The lowest BCUT2D eigenvalue weighted by Gasteiger charge is -2.14. The van der Waals surface area contributed by atoms with E-state index >= 15 is 0 Å². The Morgan fingerprint density at radius 3 is 2.75 bits per heavy atom. The van der Waals surface area contributed by atoms with Crippen molar-refractivity contribution in [3.05, 3.63) is 23.2 Å². The molecule has 1 aromatic carbocycles. The highest BCUT2D eigenvalue weighted by Crippen LogP contribution is 2.27. The van der Waals surface area contributed by atoms with Gasteiger partial charge in [0.1, 0.15) is 5.25 Å². The first-order valence-electron chi connectivity index (χ1n) is 6.71. The van der Waals surface area contributed by atoms with Gasteiger partial charge in [-0.05, 0) is 25.5 Å². The van der Waals surface area contributed by atoms with E-state index in [1.807, 2.05) is 0 Å². The van der Waals surface area contributed by atoms with E-state index in [4.69, 9.17) is 17.3 Å². The highest BCUT2D eigenvalue weighted by atomic mass is 35.5. The Bertz CT molecular complexity index is 474. The second kappa shape index (κ2) is 8.27. The van der Waals surface area contributed by atoms with E-state index in [0.717, 1.165) is 19.3 Å². The number of unbranched alkanes of at least 4 members (excludes halogenated alkanes) is 2. The third kappa shape index (κ3) is 4.49. The predicted molar refractivity (Wildman–Crippen MR) is 84.3 cm³/mol. The second-order valence-corrected chi connectivity index (χ2v) is 6.71. The zero-order chi connectivity index (χ0) is 15.1. The van der Waals surface area contributed by atoms with E-state index in [0.29, 0.717) is 22.2 Å². The fraction of sp³-hybridized carbons (Fsp3) is 0.500. The predicted octanol–water partition coefficient (Wildman–Crippen LogP) is 2.72. The maximum atomic E-state index is 12.4. The van der Waals surface area contributed by atoms with Crippen LogP contribution < -0.4 is 11.1 Å². The molecule has 0 bridgehead atoms. The van der Waals surface area contributed by atoms with Gasteiger partial charge in [-0.1, -0.05) is 37.4 Å². The zero-order valence-electron chi connectivity index (χ0n) is 11.8. The Labute approximate surface area is 127 Å². The fourth-order valence-corrected chi connectivity index (χ4v) is 3.34. The summed E-state index contributed by atoms with van der Waals surface area (Å²) < 4.78 is 12.4. The number of carbonyl (C=O) groups excluding carboxylic acids is 1. The zero-order valence-corrected chi connectivity index (χ0v) is 13.4. The lowest BCUT2D eigenvalue weighted by molar-refractivity contribution is -0.120. The van der Waals surface area contributed by atoms with Gasteiger partial charge in [0.15, 0.2) is 0 Å². The molecule has 0 aliphatic heterocycles. The highest BCUT2D eigenvalue weighted by molar-refractivity contribution is 7.86. The van der Waals surface area contributed by atoms with Gasteiger partial charge in [-0.15, -0.1) is 0 Å². The molecule has 0 aromatic heterocycles. The lowest BCUT2D eigenvalue weighted by atomic mass is 10.2. The summed E-state index contributed by atoms with van der Waals surface area (Å²) in [6, 6.07) is 4.94. The Hall–Kier alpha value is -1.07. The average molecular weight is 317 g/mol. The molecule has 1 rings (SSSR count). The van der Waals surface area contributed by atoms with Crippen molar-refractivity contribution in [1.82, 2.24) is 5.32 Å². The van der Waals surface area contributed by atoms with Crippen LogP contribution in [0, 0.1) is 0 Å². The lowest BCUT2D eigenvalue weighted by Crippen LogP contribution is -2.36. The maximum absolute atomic E-state index is 12.4. The smallest absolute Gasteiger partial charge is 0.235 e. The highest BCUT2D eigenvalue weighted by Gasteiger charge is 2.24. The summed E-state index contributed by atoms with van der Waals surface area (Å²) in [6.45, 7) is 4.32. The minimum atomic E-state index is -1.56. The molecular formula is C14H21ClN2O2S. The molecule has 0 aliphatic rings. The van der Waals surface area contributed by atoms with Gasteiger partial charge in [0.05, 0.1) is 20.7 Å². The minimum absolute atomic E-state index is 0.237. The third-order valence-electron chi connectivity index (χ3n) is 2.97. The molecule has 2 unspecified atom stereocenters. The third-order valence-corrected chi connectivity index (χ3v) is 5.11. The van der Waals surface area contributed by atoms with Crippen molar-refractivity contribution in [3.8, 4) is 0 Å². The quantitative estimate of drug-likeness (QED) is 0.600. The number of nitrogen functional groups attached to an aromatic ring is 1. The van der Waals surface area contributed by atoms with Crippen LogP contribution in [0.3, 0.4) is 0 Å². The summed E-state index contributed by atoms with van der Waals surface area (Å²) in [7, 11) is -1.56. The summed E-state index contributed by atoms with van der Waals surface area (Å²) in [6.07, 6.45) is 3.08. The molecule has 20 heavy (non-hydrogen) atoms. The van der Waals surface area contributed by atoms with E-state index in [1.165, 1.54) is 0 Å². The molecule has 0 aliphatic carbocycles. The first kappa shape index (κ1) is 17.0. The Kier molecular flexibility index (Phi) is 7.02. The molecule has 1 amide bonds. The van der Waals surface area contributed by atoms with Crippen LogP contribution in [0.15, 0.2) is 23.1 Å². The van der Waals surface area contributed by atoms with Crippen LogP contribution >= 0.6 is 11.6 Å². The Morgan fingerprint density at radius 1 is 1.45 bits per heavy atom. The topological polar surface area (TPSA) is 72.2 Å².